The van der Waals surface area contributed by atoms with E-state index in [9.17, 15) is 14.7 Å². The normalized spacial score (nSPS) is 16.4. The number of carboxylic acids is 1. The Morgan fingerprint density at radius 3 is 2.77 bits per heavy atom. The van der Waals surface area contributed by atoms with E-state index in [4.69, 9.17) is 19.3 Å². The molecular weight excluding hydrogens is 420 g/mol. The van der Waals surface area contributed by atoms with E-state index in [2.05, 4.69) is 0 Å². The first kappa shape index (κ1) is 19.0. The number of nitrogens with one attached hydrogen (secondary N) is 1. The maximum atomic E-state index is 12.9. The summed E-state index contributed by atoms with van der Waals surface area (Å²) in [7, 11) is 0. The summed E-state index contributed by atoms with van der Waals surface area (Å²) in [6, 6.07) is 14.6. The third kappa shape index (κ3) is 3.44. The minimum atomic E-state index is -1.27. The van der Waals surface area contributed by atoms with Crippen LogP contribution < -0.4 is 19.5 Å². The number of hydrogen-bond donors (Lipinski definition) is 1. The topological polar surface area (TPSA) is 116 Å². The number of amidine groups is 1. The lowest BCUT2D eigenvalue weighted by Crippen LogP contribution is -2.28. The Bertz CT molecular complexity index is 1280. The van der Waals surface area contributed by atoms with E-state index in [0.717, 1.165) is 11.8 Å². The maximum Gasteiger partial charge on any atom is 0.271 e. The van der Waals surface area contributed by atoms with Gasteiger partial charge in [0, 0.05) is 17.7 Å². The Labute approximate surface area is 180 Å². The standard InChI is InChI=1S/C22H14N2O6S/c23-22-24(14-4-6-17-18(9-14)29-11-28-17)20(25)19(31-22)10-15-5-7-16(30-15)12-2-1-3-13(8-12)21(26)27/h1-10,23H,11H2,(H,26,27)/p-1/b19-10-,23-22?. The van der Waals surface area contributed by atoms with Crippen molar-refractivity contribution in [3.8, 4) is 22.8 Å². The number of benzene rings is 2. The molecule has 0 radical (unpaired) electrons. The molecule has 1 aromatic heterocycles. The first-order valence-corrected chi connectivity index (χ1v) is 9.95. The van der Waals surface area contributed by atoms with Gasteiger partial charge in [-0.3, -0.25) is 15.1 Å². The second-order valence-electron chi connectivity index (χ2n) is 6.66. The lowest BCUT2D eigenvalue weighted by atomic mass is 10.1. The van der Waals surface area contributed by atoms with Gasteiger partial charge in [0.25, 0.3) is 5.91 Å². The summed E-state index contributed by atoms with van der Waals surface area (Å²) in [5.41, 5.74) is 1.13. The van der Waals surface area contributed by atoms with Crippen LogP contribution in [-0.2, 0) is 4.79 Å². The average molecular weight is 433 g/mol. The molecule has 3 aromatic rings. The summed E-state index contributed by atoms with van der Waals surface area (Å²) in [6.45, 7) is 0.122. The van der Waals surface area contributed by atoms with Crippen molar-refractivity contribution in [2.75, 3.05) is 11.7 Å². The van der Waals surface area contributed by atoms with Crippen LogP contribution in [0, 0.1) is 5.41 Å². The molecule has 31 heavy (non-hydrogen) atoms. The van der Waals surface area contributed by atoms with Gasteiger partial charge in [-0.05, 0) is 47.7 Å². The van der Waals surface area contributed by atoms with Crippen LogP contribution in [0.15, 0.2) is 63.9 Å². The lowest BCUT2D eigenvalue weighted by Gasteiger charge is -2.14. The summed E-state index contributed by atoms with van der Waals surface area (Å²) in [4.78, 5) is 25.6. The van der Waals surface area contributed by atoms with Crippen molar-refractivity contribution in [2.45, 2.75) is 0 Å². The van der Waals surface area contributed by atoms with Gasteiger partial charge in [0.2, 0.25) is 6.79 Å². The number of aromatic carboxylic acids is 1. The molecule has 0 atom stereocenters. The van der Waals surface area contributed by atoms with E-state index in [1.165, 1.54) is 17.0 Å². The van der Waals surface area contributed by atoms with Gasteiger partial charge in [-0.1, -0.05) is 18.2 Å². The van der Waals surface area contributed by atoms with E-state index in [0.29, 0.717) is 39.2 Å². The molecule has 154 valence electrons. The molecule has 2 aromatic carbocycles. The molecule has 1 N–H and O–H groups in total. The fraction of sp³-hybridized carbons (Fsp3) is 0.0455. The molecular formula is C22H13N2O6S-. The van der Waals surface area contributed by atoms with Crippen molar-refractivity contribution in [2.24, 2.45) is 0 Å². The van der Waals surface area contributed by atoms with Crippen LogP contribution in [0.25, 0.3) is 17.4 Å². The number of nitrogens with zero attached hydrogens (tertiary/aromatic N) is 1. The summed E-state index contributed by atoms with van der Waals surface area (Å²) in [5.74, 6) is 0.348. The second kappa shape index (κ2) is 7.37. The van der Waals surface area contributed by atoms with Crippen LogP contribution in [0.1, 0.15) is 16.1 Å². The lowest BCUT2D eigenvalue weighted by molar-refractivity contribution is -0.255. The molecule has 0 aliphatic carbocycles. The highest BCUT2D eigenvalue weighted by molar-refractivity contribution is 8.19. The number of carboxylic acid groups (broad SMARTS) is 1. The Morgan fingerprint density at radius 1 is 1.10 bits per heavy atom. The van der Waals surface area contributed by atoms with Gasteiger partial charge in [0.15, 0.2) is 16.7 Å². The van der Waals surface area contributed by atoms with Crippen molar-refractivity contribution in [1.82, 2.24) is 0 Å². The van der Waals surface area contributed by atoms with Crippen LogP contribution in [0.2, 0.25) is 0 Å². The molecule has 2 aliphatic heterocycles. The summed E-state index contributed by atoms with van der Waals surface area (Å²) in [5, 5.41) is 19.4. The molecule has 9 heteroatoms. The summed E-state index contributed by atoms with van der Waals surface area (Å²) >= 11 is 1.02. The van der Waals surface area contributed by atoms with E-state index in [-0.39, 0.29) is 23.4 Å². The van der Waals surface area contributed by atoms with Crippen molar-refractivity contribution >= 4 is 40.6 Å². The molecule has 1 saturated heterocycles. The number of furan rings is 1. The molecule has 1 amide bonds. The fourth-order valence-electron chi connectivity index (χ4n) is 3.26. The Kier molecular flexibility index (Phi) is 4.52. The number of rotatable bonds is 4. The number of anilines is 1. The summed E-state index contributed by atoms with van der Waals surface area (Å²) in [6.07, 6.45) is 1.56. The first-order chi connectivity index (χ1) is 15.0. The fourth-order valence-corrected chi connectivity index (χ4v) is 4.10. The SMILES string of the molecule is N=C1S/C(=C\c2ccc(-c3cccc(C(=O)[O-])c3)o2)C(=O)N1c1ccc2c(c1)OCO2. The van der Waals surface area contributed by atoms with Gasteiger partial charge in [0.05, 0.1) is 16.6 Å². The van der Waals surface area contributed by atoms with Gasteiger partial charge < -0.3 is 23.8 Å². The third-order valence-electron chi connectivity index (χ3n) is 4.72. The van der Waals surface area contributed by atoms with Crippen molar-refractivity contribution in [3.63, 3.8) is 0 Å². The van der Waals surface area contributed by atoms with Gasteiger partial charge in [-0.15, -0.1) is 0 Å². The van der Waals surface area contributed by atoms with Crippen LogP contribution >= 0.6 is 11.8 Å². The number of thioether (sulfide) groups is 1. The summed E-state index contributed by atoms with van der Waals surface area (Å²) < 4.78 is 16.4. The maximum absolute atomic E-state index is 12.9. The highest BCUT2D eigenvalue weighted by Crippen LogP contribution is 2.40. The number of ether oxygens (including phenoxy) is 2. The highest BCUT2D eigenvalue weighted by Gasteiger charge is 2.34. The molecule has 5 rings (SSSR count). The van der Waals surface area contributed by atoms with Gasteiger partial charge >= 0.3 is 0 Å². The van der Waals surface area contributed by atoms with E-state index in [1.54, 1.807) is 48.5 Å². The Balaban J connectivity index is 1.41. The molecule has 0 unspecified atom stereocenters. The zero-order valence-corrected chi connectivity index (χ0v) is 16.6. The molecule has 3 heterocycles. The smallest absolute Gasteiger partial charge is 0.271 e. The number of carbonyl (C=O) groups is 2. The minimum Gasteiger partial charge on any atom is -0.545 e. The third-order valence-corrected chi connectivity index (χ3v) is 5.61. The van der Waals surface area contributed by atoms with Gasteiger partial charge in [-0.25, -0.2) is 0 Å². The largest absolute Gasteiger partial charge is 0.545 e. The van der Waals surface area contributed by atoms with Crippen molar-refractivity contribution in [3.05, 3.63) is 70.8 Å². The average Bonchev–Trinajstić information content (AvgIpc) is 3.48. The van der Waals surface area contributed by atoms with Gasteiger partial charge in [0.1, 0.15) is 11.5 Å². The van der Waals surface area contributed by atoms with Crippen LogP contribution in [0.5, 0.6) is 11.5 Å². The second-order valence-corrected chi connectivity index (χ2v) is 7.69. The Morgan fingerprint density at radius 2 is 1.94 bits per heavy atom. The van der Waals surface area contributed by atoms with Crippen LogP contribution in [0.4, 0.5) is 5.69 Å². The molecule has 0 bridgehead atoms. The predicted octanol–water partition coefficient (Wildman–Crippen LogP) is 3.09. The van der Waals surface area contributed by atoms with Crippen molar-refractivity contribution in [1.29, 1.82) is 5.41 Å². The highest BCUT2D eigenvalue weighted by atomic mass is 32.2. The number of hydrogen-bond acceptors (Lipinski definition) is 8. The quantitative estimate of drug-likeness (QED) is 0.629. The van der Waals surface area contributed by atoms with E-state index >= 15 is 0 Å². The van der Waals surface area contributed by atoms with E-state index in [1.807, 2.05) is 0 Å². The number of amides is 1. The first-order valence-electron chi connectivity index (χ1n) is 9.13. The molecule has 0 spiro atoms. The zero-order chi connectivity index (χ0) is 21.5. The monoisotopic (exact) mass is 433 g/mol. The number of fused-ring (bicyclic) bond motifs is 1. The van der Waals surface area contributed by atoms with Crippen LogP contribution in [-0.4, -0.2) is 23.8 Å². The van der Waals surface area contributed by atoms with Gasteiger partial charge in [-0.2, -0.15) is 0 Å². The minimum absolute atomic E-state index is 0.0446. The zero-order valence-electron chi connectivity index (χ0n) is 15.8. The van der Waals surface area contributed by atoms with E-state index < -0.39 is 5.97 Å². The Hall–Kier alpha value is -3.98. The predicted molar refractivity (Wildman–Crippen MR) is 112 cm³/mol. The molecule has 1 fully saturated rings. The van der Waals surface area contributed by atoms with Crippen LogP contribution in [0.3, 0.4) is 0 Å². The molecule has 0 saturated carbocycles. The molecule has 2 aliphatic rings. The van der Waals surface area contributed by atoms with Crippen molar-refractivity contribution < 1.29 is 28.6 Å². The number of carbonyl (C=O) groups excluding carboxylic acids is 2. The molecule has 8 nitrogen and oxygen atoms in total.